The maximum absolute atomic E-state index is 5.75. The predicted octanol–water partition coefficient (Wildman–Crippen LogP) is 5.47. The van der Waals surface area contributed by atoms with Crippen molar-refractivity contribution in [1.29, 1.82) is 0 Å². The molecule has 8 rings (SSSR count). The lowest BCUT2D eigenvalue weighted by atomic mass is 9.47. The minimum atomic E-state index is 0.0445. The van der Waals surface area contributed by atoms with Crippen LogP contribution in [0, 0.1) is 30.6 Å². The van der Waals surface area contributed by atoms with E-state index in [1.165, 1.54) is 54.7 Å². The van der Waals surface area contributed by atoms with Crippen LogP contribution < -0.4 is 4.90 Å². The number of aromatic nitrogens is 2. The van der Waals surface area contributed by atoms with E-state index in [4.69, 9.17) is 9.40 Å². The molecular weight excluding hydrogens is 346 g/mol. The molecule has 4 aliphatic carbocycles. The molecule has 144 valence electrons. The molecule has 4 bridgehead atoms. The van der Waals surface area contributed by atoms with Crippen LogP contribution in [0.2, 0.25) is 0 Å². The van der Waals surface area contributed by atoms with E-state index >= 15 is 0 Å². The van der Waals surface area contributed by atoms with Gasteiger partial charge in [0.15, 0.2) is 0 Å². The molecule has 4 nitrogen and oxygen atoms in total. The van der Waals surface area contributed by atoms with E-state index in [1.54, 1.807) is 6.26 Å². The van der Waals surface area contributed by atoms with Gasteiger partial charge >= 0.3 is 5.84 Å². The van der Waals surface area contributed by atoms with E-state index in [9.17, 15) is 0 Å². The lowest BCUT2D eigenvalue weighted by Gasteiger charge is -2.63. The quantitative estimate of drug-likeness (QED) is 0.567. The van der Waals surface area contributed by atoms with Crippen LogP contribution in [-0.4, -0.2) is 9.38 Å². The average molecular weight is 374 g/mol. The number of imidazole rings is 1. The van der Waals surface area contributed by atoms with Crippen LogP contribution in [0.15, 0.2) is 41.1 Å². The number of para-hydroxylation sites is 1. The Morgan fingerprint density at radius 3 is 2.46 bits per heavy atom. The second-order valence-corrected chi connectivity index (χ2v) is 9.86. The summed E-state index contributed by atoms with van der Waals surface area (Å²) in [7, 11) is 0. The third-order valence-electron chi connectivity index (χ3n) is 8.62. The number of hydrogen-bond donors (Lipinski definition) is 0. The van der Waals surface area contributed by atoms with E-state index in [0.717, 1.165) is 17.7 Å². The minimum absolute atomic E-state index is 0.0445. The number of oxazole rings is 1. The van der Waals surface area contributed by atoms with Crippen LogP contribution in [-0.2, 0) is 5.54 Å². The van der Waals surface area contributed by atoms with Gasteiger partial charge in [-0.1, -0.05) is 18.2 Å². The van der Waals surface area contributed by atoms with Gasteiger partial charge in [0.1, 0.15) is 6.26 Å². The van der Waals surface area contributed by atoms with Crippen molar-refractivity contribution in [2.75, 3.05) is 4.90 Å². The van der Waals surface area contributed by atoms with Gasteiger partial charge in [-0.3, -0.25) is 4.40 Å². The van der Waals surface area contributed by atoms with Crippen LogP contribution in [0.4, 0.5) is 5.69 Å². The van der Waals surface area contributed by atoms with Gasteiger partial charge in [-0.25, -0.2) is 0 Å². The number of nitrogens with zero attached hydrogens (tertiary/aromatic N) is 3. The maximum Gasteiger partial charge on any atom is 0.306 e. The first-order valence-corrected chi connectivity index (χ1v) is 11.0. The highest BCUT2D eigenvalue weighted by Crippen LogP contribution is 2.68. The van der Waals surface area contributed by atoms with Crippen molar-refractivity contribution < 1.29 is 4.42 Å². The van der Waals surface area contributed by atoms with Crippen molar-refractivity contribution in [3.8, 4) is 0 Å². The Balaban J connectivity index is 1.54. The van der Waals surface area contributed by atoms with Crippen molar-refractivity contribution in [2.24, 2.45) is 23.7 Å². The Kier molecular flexibility index (Phi) is 2.81. The molecule has 1 spiro atoms. The Bertz CT molecular complexity index is 1060. The zero-order valence-electron chi connectivity index (χ0n) is 16.6. The second kappa shape index (κ2) is 5.03. The van der Waals surface area contributed by atoms with Crippen LogP contribution >= 0.6 is 0 Å². The highest BCUT2D eigenvalue weighted by atomic mass is 16.3. The molecule has 4 saturated carbocycles. The van der Waals surface area contributed by atoms with Crippen molar-refractivity contribution in [2.45, 2.75) is 57.5 Å². The van der Waals surface area contributed by atoms with Gasteiger partial charge in [0.25, 0.3) is 0 Å². The predicted molar refractivity (Wildman–Crippen MR) is 108 cm³/mol. The van der Waals surface area contributed by atoms with Crippen LogP contribution in [0.3, 0.4) is 0 Å². The zero-order chi connectivity index (χ0) is 18.6. The van der Waals surface area contributed by atoms with E-state index < -0.39 is 0 Å². The van der Waals surface area contributed by atoms with Crippen LogP contribution in [0.5, 0.6) is 0 Å². The fraction of sp³-hybridized carbons (Fsp3) is 0.542. The monoisotopic (exact) mass is 373 g/mol. The molecule has 0 amide bonds. The molecule has 4 heteroatoms. The normalized spacial score (nSPS) is 38.1. The first kappa shape index (κ1) is 15.7. The van der Waals surface area contributed by atoms with Gasteiger partial charge in [0.2, 0.25) is 0 Å². The molecule has 3 aromatic rings. The smallest absolute Gasteiger partial charge is 0.306 e. The number of rotatable bonds is 1. The lowest BCUT2D eigenvalue weighted by Crippen LogP contribution is -2.62. The first-order valence-electron chi connectivity index (χ1n) is 11.0. The molecule has 1 aromatic carbocycles. The van der Waals surface area contributed by atoms with E-state index in [2.05, 4.69) is 53.6 Å². The molecule has 28 heavy (non-hydrogen) atoms. The molecule has 1 unspecified atom stereocenters. The molecule has 4 fully saturated rings. The standard InChI is InChI=1S/C24H27N3O/c1-14-5-3-4-6-20(14)27-15(2)21-22(25-23-26(21)7-8-28-23)24(27)18-10-16-9-17(12-18)13-19(24)11-16/h3-8,15-19H,9-13H2,1-2H3. The summed E-state index contributed by atoms with van der Waals surface area (Å²) in [6.07, 6.45) is 10.8. The first-order chi connectivity index (χ1) is 13.7. The molecule has 0 N–H and O–H groups in total. The number of fused-ring (bicyclic) bond motifs is 3. The van der Waals surface area contributed by atoms with Crippen molar-refractivity contribution >= 4 is 11.5 Å². The SMILES string of the molecule is Cc1ccccc1N1C(C)c2c(nc3occn23)C12C1CC3CC(C1)CC2C3. The Labute approximate surface area is 165 Å². The van der Waals surface area contributed by atoms with Gasteiger partial charge in [-0.05, 0) is 81.3 Å². The highest BCUT2D eigenvalue weighted by Gasteiger charge is 2.66. The van der Waals surface area contributed by atoms with Crippen molar-refractivity contribution in [3.05, 3.63) is 53.7 Å². The number of aryl methyl sites for hydroxylation is 1. The zero-order valence-corrected chi connectivity index (χ0v) is 16.6. The summed E-state index contributed by atoms with van der Waals surface area (Å²) in [6.45, 7) is 4.65. The Hall–Kier alpha value is -2.23. The third-order valence-corrected chi connectivity index (χ3v) is 8.62. The third kappa shape index (κ3) is 1.64. The summed E-state index contributed by atoms with van der Waals surface area (Å²) in [5.74, 6) is 4.08. The van der Waals surface area contributed by atoms with E-state index in [-0.39, 0.29) is 5.54 Å². The van der Waals surface area contributed by atoms with Crippen molar-refractivity contribution in [3.63, 3.8) is 0 Å². The molecule has 1 atom stereocenters. The molecule has 5 aliphatic rings. The lowest BCUT2D eigenvalue weighted by molar-refractivity contribution is -0.0618. The summed E-state index contributed by atoms with van der Waals surface area (Å²) in [4.78, 5) is 7.96. The second-order valence-electron chi connectivity index (χ2n) is 9.86. The molecule has 2 aromatic heterocycles. The van der Waals surface area contributed by atoms with E-state index in [1.807, 2.05) is 0 Å². The summed E-state index contributed by atoms with van der Waals surface area (Å²) >= 11 is 0. The van der Waals surface area contributed by atoms with Gasteiger partial charge < -0.3 is 9.32 Å². The summed E-state index contributed by atoms with van der Waals surface area (Å²) in [6, 6.07) is 9.28. The largest absolute Gasteiger partial charge is 0.432 e. The fourth-order valence-corrected chi connectivity index (χ4v) is 7.98. The summed E-state index contributed by atoms with van der Waals surface area (Å²) < 4.78 is 7.96. The number of benzene rings is 1. The molecule has 3 heterocycles. The molecule has 1 aliphatic heterocycles. The number of anilines is 1. The molecule has 0 saturated heterocycles. The van der Waals surface area contributed by atoms with Crippen LogP contribution in [0.25, 0.3) is 5.84 Å². The van der Waals surface area contributed by atoms with Crippen molar-refractivity contribution in [1.82, 2.24) is 9.38 Å². The van der Waals surface area contributed by atoms with Crippen LogP contribution in [0.1, 0.15) is 62.0 Å². The maximum atomic E-state index is 5.75. The molecular formula is C24H27N3O. The highest BCUT2D eigenvalue weighted by molar-refractivity contribution is 5.64. The summed E-state index contributed by atoms with van der Waals surface area (Å²) in [5.41, 5.74) is 5.51. The van der Waals surface area contributed by atoms with E-state index in [0.29, 0.717) is 17.9 Å². The minimum Gasteiger partial charge on any atom is -0.432 e. The van der Waals surface area contributed by atoms with Gasteiger partial charge in [-0.2, -0.15) is 4.98 Å². The Morgan fingerprint density at radius 2 is 1.75 bits per heavy atom. The topological polar surface area (TPSA) is 33.7 Å². The van der Waals surface area contributed by atoms with Gasteiger partial charge in [0.05, 0.1) is 23.0 Å². The average Bonchev–Trinajstić information content (AvgIpc) is 3.31. The number of hydrogen-bond acceptors (Lipinski definition) is 3. The van der Waals surface area contributed by atoms with Gasteiger partial charge in [-0.15, -0.1) is 0 Å². The Morgan fingerprint density at radius 1 is 1.04 bits per heavy atom. The van der Waals surface area contributed by atoms with Gasteiger partial charge in [0, 0.05) is 11.9 Å². The molecule has 0 radical (unpaired) electrons. The summed E-state index contributed by atoms with van der Waals surface area (Å²) in [5, 5.41) is 0. The fourth-order valence-electron chi connectivity index (χ4n) is 7.98.